The highest BCUT2D eigenvalue weighted by molar-refractivity contribution is 6.30. The lowest BCUT2D eigenvalue weighted by Crippen LogP contribution is -2.47. The second-order valence-electron chi connectivity index (χ2n) is 8.40. The van der Waals surface area contributed by atoms with E-state index in [-0.39, 0.29) is 5.91 Å². The number of anilines is 2. The summed E-state index contributed by atoms with van der Waals surface area (Å²) in [5.41, 5.74) is 5.53. The molecular formula is C24H30ClN3O2. The highest BCUT2D eigenvalue weighted by atomic mass is 35.5. The lowest BCUT2D eigenvalue weighted by Gasteiger charge is -2.37. The number of rotatable bonds is 4. The van der Waals surface area contributed by atoms with Crippen molar-refractivity contribution in [3.8, 4) is 0 Å². The quantitative estimate of drug-likeness (QED) is 0.806. The zero-order chi connectivity index (χ0) is 21.3. The molecule has 0 bridgehead atoms. The van der Waals surface area contributed by atoms with Crippen molar-refractivity contribution in [1.82, 2.24) is 4.90 Å². The summed E-state index contributed by atoms with van der Waals surface area (Å²) in [4.78, 5) is 18.4. The third kappa shape index (κ3) is 4.48. The van der Waals surface area contributed by atoms with Crippen LogP contribution < -0.4 is 9.80 Å². The summed E-state index contributed by atoms with van der Waals surface area (Å²) in [6.45, 7) is 8.79. The minimum atomic E-state index is -0.525. The van der Waals surface area contributed by atoms with E-state index in [1.54, 1.807) is 6.92 Å². The van der Waals surface area contributed by atoms with E-state index in [4.69, 9.17) is 11.6 Å². The third-order valence-electron chi connectivity index (χ3n) is 6.30. The van der Waals surface area contributed by atoms with Gasteiger partial charge in [-0.3, -0.25) is 9.69 Å². The standard InChI is InChI=1S/C24H30ClN3O2/c1-17-5-7-21(25)15-23(17)27-12-10-26(11-13-27)16-24(30)20-6-8-22-19(14-20)4-3-9-28(22)18(2)29/h5-8,14-15,24,30H,3-4,9-13,16H2,1-2H3/t24-/m1/s1. The van der Waals surface area contributed by atoms with E-state index >= 15 is 0 Å². The molecule has 2 heterocycles. The molecule has 30 heavy (non-hydrogen) atoms. The lowest BCUT2D eigenvalue weighted by atomic mass is 9.97. The summed E-state index contributed by atoms with van der Waals surface area (Å²) >= 11 is 6.19. The molecule has 1 N–H and O–H groups in total. The Morgan fingerprint density at radius 1 is 1.07 bits per heavy atom. The Bertz CT molecular complexity index is 925. The summed E-state index contributed by atoms with van der Waals surface area (Å²) < 4.78 is 0. The number of hydrogen-bond donors (Lipinski definition) is 1. The van der Waals surface area contributed by atoms with Crippen LogP contribution in [0.2, 0.25) is 5.02 Å². The Kier molecular flexibility index (Phi) is 6.32. The molecule has 6 heteroatoms. The normalized spacial score (nSPS) is 18.3. The highest BCUT2D eigenvalue weighted by Crippen LogP contribution is 2.31. The van der Waals surface area contributed by atoms with Gasteiger partial charge in [0, 0.05) is 62.6 Å². The second-order valence-corrected chi connectivity index (χ2v) is 8.83. The number of hydrogen-bond acceptors (Lipinski definition) is 4. The number of β-amino-alcohol motifs (C(OH)–C–C–N with tert-alkyl or cyclic N) is 1. The minimum absolute atomic E-state index is 0.0806. The van der Waals surface area contributed by atoms with Gasteiger partial charge >= 0.3 is 0 Å². The number of aryl methyl sites for hydroxylation is 2. The number of nitrogens with zero attached hydrogens (tertiary/aromatic N) is 3. The Morgan fingerprint density at radius 2 is 1.83 bits per heavy atom. The molecule has 160 valence electrons. The molecule has 0 radical (unpaired) electrons. The second kappa shape index (κ2) is 8.96. The first-order chi connectivity index (χ1) is 14.4. The Morgan fingerprint density at radius 3 is 2.57 bits per heavy atom. The maximum absolute atomic E-state index is 11.9. The number of aliphatic hydroxyl groups excluding tert-OH is 1. The van der Waals surface area contributed by atoms with Gasteiger partial charge < -0.3 is 14.9 Å². The fourth-order valence-corrected chi connectivity index (χ4v) is 4.76. The average molecular weight is 428 g/mol. The number of halogens is 1. The first-order valence-corrected chi connectivity index (χ1v) is 11.1. The summed E-state index contributed by atoms with van der Waals surface area (Å²) in [6, 6.07) is 12.1. The molecule has 0 spiro atoms. The molecule has 0 saturated carbocycles. The molecule has 4 rings (SSSR count). The molecular weight excluding hydrogens is 398 g/mol. The van der Waals surface area contributed by atoms with Crippen LogP contribution in [0.5, 0.6) is 0 Å². The van der Waals surface area contributed by atoms with Gasteiger partial charge in [0.25, 0.3) is 0 Å². The van der Waals surface area contributed by atoms with E-state index in [1.165, 1.54) is 11.3 Å². The number of amides is 1. The summed E-state index contributed by atoms with van der Waals surface area (Å²) in [6.07, 6.45) is 1.40. The number of benzene rings is 2. The van der Waals surface area contributed by atoms with Crippen LogP contribution >= 0.6 is 11.6 Å². The molecule has 2 aliphatic heterocycles. The van der Waals surface area contributed by atoms with Crippen molar-refractivity contribution in [2.75, 3.05) is 49.1 Å². The molecule has 2 aliphatic rings. The SMILES string of the molecule is CC(=O)N1CCCc2cc([C@H](O)CN3CCN(c4cc(Cl)ccc4C)CC3)ccc21. The van der Waals surface area contributed by atoms with Crippen LogP contribution in [0.25, 0.3) is 0 Å². The van der Waals surface area contributed by atoms with Gasteiger partial charge in [0.1, 0.15) is 0 Å². The Labute approximate surface area is 183 Å². The van der Waals surface area contributed by atoms with E-state index in [9.17, 15) is 9.90 Å². The van der Waals surface area contributed by atoms with Gasteiger partial charge in [-0.05, 0) is 54.7 Å². The van der Waals surface area contributed by atoms with Gasteiger partial charge in [0.15, 0.2) is 0 Å². The van der Waals surface area contributed by atoms with Crippen molar-refractivity contribution < 1.29 is 9.90 Å². The van der Waals surface area contributed by atoms with Crippen LogP contribution in [-0.4, -0.2) is 55.2 Å². The van der Waals surface area contributed by atoms with Crippen molar-refractivity contribution in [3.05, 3.63) is 58.1 Å². The smallest absolute Gasteiger partial charge is 0.223 e. The van der Waals surface area contributed by atoms with Gasteiger partial charge in [-0.25, -0.2) is 0 Å². The Balaban J connectivity index is 1.38. The maximum atomic E-state index is 11.9. The van der Waals surface area contributed by atoms with Crippen LogP contribution in [-0.2, 0) is 11.2 Å². The molecule has 1 saturated heterocycles. The van der Waals surface area contributed by atoms with Gasteiger partial charge in [-0.1, -0.05) is 29.8 Å². The van der Waals surface area contributed by atoms with E-state index in [1.807, 2.05) is 29.2 Å². The zero-order valence-corrected chi connectivity index (χ0v) is 18.5. The van der Waals surface area contributed by atoms with Crippen LogP contribution in [0.15, 0.2) is 36.4 Å². The molecule has 2 aromatic carbocycles. The van der Waals surface area contributed by atoms with E-state index in [0.717, 1.165) is 67.4 Å². The predicted octanol–water partition coefficient (Wildman–Crippen LogP) is 3.80. The van der Waals surface area contributed by atoms with Crippen molar-refractivity contribution in [3.63, 3.8) is 0 Å². The fraction of sp³-hybridized carbons (Fsp3) is 0.458. The van der Waals surface area contributed by atoms with Gasteiger partial charge in [0.05, 0.1) is 6.10 Å². The van der Waals surface area contributed by atoms with Crippen molar-refractivity contribution in [2.45, 2.75) is 32.8 Å². The number of carbonyl (C=O) groups is 1. The van der Waals surface area contributed by atoms with E-state index < -0.39 is 6.10 Å². The molecule has 1 fully saturated rings. The topological polar surface area (TPSA) is 47.0 Å². The van der Waals surface area contributed by atoms with Crippen LogP contribution in [0.3, 0.4) is 0 Å². The van der Waals surface area contributed by atoms with Crippen molar-refractivity contribution in [2.24, 2.45) is 0 Å². The average Bonchev–Trinajstić information content (AvgIpc) is 2.75. The van der Waals surface area contributed by atoms with Crippen LogP contribution in [0, 0.1) is 6.92 Å². The fourth-order valence-electron chi connectivity index (χ4n) is 4.60. The molecule has 0 unspecified atom stereocenters. The molecule has 0 aromatic heterocycles. The summed E-state index contributed by atoms with van der Waals surface area (Å²) in [5, 5.41) is 11.6. The summed E-state index contributed by atoms with van der Waals surface area (Å²) in [7, 11) is 0. The number of carbonyl (C=O) groups excluding carboxylic acids is 1. The van der Waals surface area contributed by atoms with Crippen LogP contribution in [0.1, 0.15) is 36.1 Å². The number of piperazine rings is 1. The van der Waals surface area contributed by atoms with Gasteiger partial charge in [-0.2, -0.15) is 0 Å². The van der Waals surface area contributed by atoms with E-state index in [2.05, 4.69) is 28.9 Å². The van der Waals surface area contributed by atoms with Gasteiger partial charge in [0.2, 0.25) is 5.91 Å². The molecule has 0 aliphatic carbocycles. The zero-order valence-electron chi connectivity index (χ0n) is 17.8. The molecule has 5 nitrogen and oxygen atoms in total. The van der Waals surface area contributed by atoms with E-state index in [0.29, 0.717) is 6.54 Å². The third-order valence-corrected chi connectivity index (χ3v) is 6.54. The van der Waals surface area contributed by atoms with Crippen molar-refractivity contribution in [1.29, 1.82) is 0 Å². The molecule has 1 amide bonds. The monoisotopic (exact) mass is 427 g/mol. The predicted molar refractivity (Wildman–Crippen MR) is 123 cm³/mol. The first-order valence-electron chi connectivity index (χ1n) is 10.7. The first kappa shape index (κ1) is 21.2. The highest BCUT2D eigenvalue weighted by Gasteiger charge is 2.24. The molecule has 2 aromatic rings. The van der Waals surface area contributed by atoms with Gasteiger partial charge in [-0.15, -0.1) is 0 Å². The summed E-state index contributed by atoms with van der Waals surface area (Å²) in [5.74, 6) is 0.0806. The Hall–Kier alpha value is -2.08. The number of aliphatic hydroxyl groups is 1. The maximum Gasteiger partial charge on any atom is 0.223 e. The largest absolute Gasteiger partial charge is 0.387 e. The van der Waals surface area contributed by atoms with Crippen LogP contribution in [0.4, 0.5) is 11.4 Å². The minimum Gasteiger partial charge on any atom is -0.387 e. The number of fused-ring (bicyclic) bond motifs is 1. The lowest BCUT2D eigenvalue weighted by molar-refractivity contribution is -0.116. The van der Waals surface area contributed by atoms with Crippen molar-refractivity contribution >= 4 is 28.9 Å². The molecule has 1 atom stereocenters.